The van der Waals surface area contributed by atoms with Gasteiger partial charge in [-0.25, -0.2) is 4.79 Å². The van der Waals surface area contributed by atoms with Crippen molar-refractivity contribution in [3.8, 4) is 5.75 Å². The van der Waals surface area contributed by atoms with Gasteiger partial charge in [0, 0.05) is 12.3 Å². The van der Waals surface area contributed by atoms with E-state index in [1.54, 1.807) is 24.3 Å². The Morgan fingerprint density at radius 1 is 1.33 bits per heavy atom. The largest absolute Gasteiger partial charge is 0.482 e. The number of carbonyl (C=O) groups is 2. The Labute approximate surface area is 142 Å². The fourth-order valence-electron chi connectivity index (χ4n) is 3.21. The van der Waals surface area contributed by atoms with Gasteiger partial charge in [0.25, 0.3) is 5.91 Å². The van der Waals surface area contributed by atoms with Crippen molar-refractivity contribution in [2.24, 2.45) is 5.92 Å². The number of amides is 1. The van der Waals surface area contributed by atoms with Crippen molar-refractivity contribution >= 4 is 17.6 Å². The summed E-state index contributed by atoms with van der Waals surface area (Å²) < 4.78 is 10.9. The lowest BCUT2D eigenvalue weighted by atomic mass is 9.78. The lowest BCUT2D eigenvalue weighted by molar-refractivity contribution is -0.147. The quantitative estimate of drug-likeness (QED) is 0.800. The lowest BCUT2D eigenvalue weighted by Gasteiger charge is -2.38. The topological polar surface area (TPSA) is 84.9 Å². The Morgan fingerprint density at radius 2 is 2.04 bits per heavy atom. The van der Waals surface area contributed by atoms with Crippen LogP contribution in [0.4, 0.5) is 5.69 Å². The third kappa shape index (κ3) is 4.71. The molecule has 24 heavy (non-hydrogen) atoms. The summed E-state index contributed by atoms with van der Waals surface area (Å²) in [7, 11) is 0. The van der Waals surface area contributed by atoms with Gasteiger partial charge in [0.2, 0.25) is 0 Å². The van der Waals surface area contributed by atoms with Crippen LogP contribution < -0.4 is 10.1 Å². The molecule has 2 rings (SSSR count). The molecule has 0 aromatic heterocycles. The molecule has 0 saturated heterocycles. The molecule has 1 saturated carbocycles. The van der Waals surface area contributed by atoms with Crippen LogP contribution in [0, 0.1) is 5.92 Å². The molecule has 0 radical (unpaired) electrons. The molecule has 6 heteroatoms. The molecular formula is C18H25NO5. The summed E-state index contributed by atoms with van der Waals surface area (Å²) >= 11 is 0. The van der Waals surface area contributed by atoms with Crippen molar-refractivity contribution in [3.63, 3.8) is 0 Å². The van der Waals surface area contributed by atoms with E-state index in [0.717, 1.165) is 25.7 Å². The summed E-state index contributed by atoms with van der Waals surface area (Å²) in [6.45, 7) is 4.16. The highest BCUT2D eigenvalue weighted by molar-refractivity contribution is 5.97. The first-order chi connectivity index (χ1) is 11.4. The number of nitrogens with one attached hydrogen (secondary N) is 1. The van der Waals surface area contributed by atoms with Crippen LogP contribution in [0.15, 0.2) is 24.3 Å². The molecule has 6 nitrogen and oxygen atoms in total. The average molecular weight is 335 g/mol. The standard InChI is InChI=1S/C18H25NO5/c1-3-24-18(10-4-5-13(2)11-18)17(22)19-14-6-8-15(9-7-14)23-12-16(20)21/h6-9,13H,3-5,10-12H2,1-2H3,(H,19,22)(H,20,21)/t13-,18-/m1/s1. The zero-order chi connectivity index (χ0) is 17.6. The van der Waals surface area contributed by atoms with Crippen LogP contribution in [0.5, 0.6) is 5.75 Å². The Kier molecular flexibility index (Phi) is 6.20. The molecule has 1 fully saturated rings. The number of hydrogen-bond donors (Lipinski definition) is 2. The number of hydrogen-bond acceptors (Lipinski definition) is 4. The fourth-order valence-corrected chi connectivity index (χ4v) is 3.21. The molecule has 0 spiro atoms. The van der Waals surface area contributed by atoms with E-state index in [1.165, 1.54) is 0 Å². The summed E-state index contributed by atoms with van der Waals surface area (Å²) in [5.74, 6) is -0.239. The first kappa shape index (κ1) is 18.3. The number of benzene rings is 1. The van der Waals surface area contributed by atoms with E-state index in [0.29, 0.717) is 24.0 Å². The highest BCUT2D eigenvalue weighted by atomic mass is 16.5. The molecule has 2 N–H and O–H groups in total. The van der Waals surface area contributed by atoms with Gasteiger partial charge in [-0.3, -0.25) is 4.79 Å². The van der Waals surface area contributed by atoms with Crippen molar-refractivity contribution < 1.29 is 24.2 Å². The number of ether oxygens (including phenoxy) is 2. The minimum Gasteiger partial charge on any atom is -0.482 e. The SMILES string of the molecule is CCO[C@]1(C(=O)Nc2ccc(OCC(=O)O)cc2)CCC[C@@H](C)C1. The maximum absolute atomic E-state index is 12.8. The molecule has 0 heterocycles. The van der Waals surface area contributed by atoms with Gasteiger partial charge in [0.15, 0.2) is 6.61 Å². The third-order valence-corrected chi connectivity index (χ3v) is 4.26. The summed E-state index contributed by atoms with van der Waals surface area (Å²) in [5, 5.41) is 11.5. The predicted molar refractivity (Wildman–Crippen MR) is 90.2 cm³/mol. The van der Waals surface area contributed by atoms with Gasteiger partial charge < -0.3 is 19.9 Å². The van der Waals surface area contributed by atoms with Crippen LogP contribution in [-0.2, 0) is 14.3 Å². The summed E-state index contributed by atoms with van der Waals surface area (Å²) in [6, 6.07) is 6.66. The zero-order valence-electron chi connectivity index (χ0n) is 14.2. The molecule has 0 aliphatic heterocycles. The summed E-state index contributed by atoms with van der Waals surface area (Å²) in [5.41, 5.74) is -0.120. The van der Waals surface area contributed by atoms with Gasteiger partial charge >= 0.3 is 5.97 Å². The molecule has 0 unspecified atom stereocenters. The Bertz CT molecular complexity index is 567. The average Bonchev–Trinajstić information content (AvgIpc) is 2.54. The second-order valence-corrected chi connectivity index (χ2v) is 6.29. The molecule has 1 aliphatic rings. The minimum absolute atomic E-state index is 0.116. The van der Waals surface area contributed by atoms with Crippen molar-refractivity contribution in [1.82, 2.24) is 0 Å². The van der Waals surface area contributed by atoms with E-state index in [-0.39, 0.29) is 5.91 Å². The monoisotopic (exact) mass is 335 g/mol. The van der Waals surface area contributed by atoms with Gasteiger partial charge in [0.1, 0.15) is 11.4 Å². The Hall–Kier alpha value is -2.08. The second kappa shape index (κ2) is 8.15. The van der Waals surface area contributed by atoms with E-state index in [9.17, 15) is 9.59 Å². The molecule has 0 bridgehead atoms. The lowest BCUT2D eigenvalue weighted by Crippen LogP contribution is -2.48. The van der Waals surface area contributed by atoms with Gasteiger partial charge in [-0.2, -0.15) is 0 Å². The van der Waals surface area contributed by atoms with Crippen LogP contribution in [0.2, 0.25) is 0 Å². The number of anilines is 1. The first-order valence-corrected chi connectivity index (χ1v) is 8.35. The van der Waals surface area contributed by atoms with Crippen LogP contribution in [0.3, 0.4) is 0 Å². The van der Waals surface area contributed by atoms with E-state index < -0.39 is 18.2 Å². The maximum atomic E-state index is 12.8. The number of carboxylic acid groups (broad SMARTS) is 1. The highest BCUT2D eigenvalue weighted by Crippen LogP contribution is 2.36. The summed E-state index contributed by atoms with van der Waals surface area (Å²) in [6.07, 6.45) is 3.57. The van der Waals surface area contributed by atoms with Crippen molar-refractivity contribution in [1.29, 1.82) is 0 Å². The molecule has 1 aromatic carbocycles. The van der Waals surface area contributed by atoms with Crippen LogP contribution in [0.25, 0.3) is 0 Å². The molecule has 132 valence electrons. The second-order valence-electron chi connectivity index (χ2n) is 6.29. The van der Waals surface area contributed by atoms with Crippen LogP contribution >= 0.6 is 0 Å². The van der Waals surface area contributed by atoms with Crippen molar-refractivity contribution in [2.75, 3.05) is 18.5 Å². The molecule has 1 aromatic rings. The normalized spacial score (nSPS) is 23.5. The molecular weight excluding hydrogens is 310 g/mol. The summed E-state index contributed by atoms with van der Waals surface area (Å²) in [4.78, 5) is 23.3. The molecule has 1 aliphatic carbocycles. The maximum Gasteiger partial charge on any atom is 0.341 e. The number of aliphatic carboxylic acids is 1. The van der Waals surface area contributed by atoms with E-state index >= 15 is 0 Å². The molecule has 2 atom stereocenters. The highest BCUT2D eigenvalue weighted by Gasteiger charge is 2.42. The number of carboxylic acids is 1. The number of rotatable bonds is 7. The fraction of sp³-hybridized carbons (Fsp3) is 0.556. The van der Waals surface area contributed by atoms with Crippen LogP contribution in [0.1, 0.15) is 39.5 Å². The van der Waals surface area contributed by atoms with Crippen LogP contribution in [-0.4, -0.2) is 35.8 Å². The van der Waals surface area contributed by atoms with Crippen molar-refractivity contribution in [3.05, 3.63) is 24.3 Å². The molecule has 1 amide bonds. The van der Waals surface area contributed by atoms with Crippen molar-refractivity contribution in [2.45, 2.75) is 45.1 Å². The van der Waals surface area contributed by atoms with E-state index in [1.807, 2.05) is 6.92 Å². The number of carbonyl (C=O) groups excluding carboxylic acids is 1. The van der Waals surface area contributed by atoms with E-state index in [2.05, 4.69) is 12.2 Å². The van der Waals surface area contributed by atoms with Gasteiger partial charge in [-0.05, 0) is 56.4 Å². The first-order valence-electron chi connectivity index (χ1n) is 8.35. The van der Waals surface area contributed by atoms with Gasteiger partial charge in [-0.15, -0.1) is 0 Å². The minimum atomic E-state index is -1.03. The van der Waals surface area contributed by atoms with Gasteiger partial charge in [0.05, 0.1) is 0 Å². The zero-order valence-corrected chi connectivity index (χ0v) is 14.2. The third-order valence-electron chi connectivity index (χ3n) is 4.26. The Balaban J connectivity index is 2.02. The Morgan fingerprint density at radius 3 is 2.62 bits per heavy atom. The smallest absolute Gasteiger partial charge is 0.341 e. The predicted octanol–water partition coefficient (Wildman–Crippen LogP) is 3.07. The van der Waals surface area contributed by atoms with E-state index in [4.69, 9.17) is 14.6 Å². The van der Waals surface area contributed by atoms with Gasteiger partial charge in [-0.1, -0.05) is 13.3 Å².